The van der Waals surface area contributed by atoms with Crippen LogP contribution < -0.4 is 10.6 Å². The van der Waals surface area contributed by atoms with Crippen LogP contribution in [0.1, 0.15) is 31.3 Å². The number of nitrogens with one attached hydrogen (secondary N) is 3. The monoisotopic (exact) mass is 336 g/mol. The molecule has 6 heteroatoms. The Balaban J connectivity index is 1.71. The van der Waals surface area contributed by atoms with Gasteiger partial charge in [0.05, 0.1) is 5.52 Å². The lowest BCUT2D eigenvalue weighted by atomic mass is 9.95. The van der Waals surface area contributed by atoms with Crippen LogP contribution in [0.5, 0.6) is 0 Å². The highest BCUT2D eigenvalue weighted by Crippen LogP contribution is 2.20. The normalized spacial score (nSPS) is 11.3. The first-order valence-electron chi connectivity index (χ1n) is 8.00. The summed E-state index contributed by atoms with van der Waals surface area (Å²) >= 11 is 0. The topological polar surface area (TPSA) is 86.9 Å². The minimum Gasteiger partial charge on any atom is -0.326 e. The predicted octanol–water partition coefficient (Wildman–Crippen LogP) is 3.80. The van der Waals surface area contributed by atoms with Crippen molar-refractivity contribution in [1.82, 2.24) is 10.2 Å². The van der Waals surface area contributed by atoms with Gasteiger partial charge in [-0.1, -0.05) is 39.0 Å². The summed E-state index contributed by atoms with van der Waals surface area (Å²) in [6.07, 6.45) is 0. The summed E-state index contributed by atoms with van der Waals surface area (Å²) in [6.45, 7) is 5.56. The number of H-pyrrole nitrogens is 1. The zero-order valence-electron chi connectivity index (χ0n) is 14.4. The fourth-order valence-corrected chi connectivity index (χ4v) is 2.28. The van der Waals surface area contributed by atoms with Crippen LogP contribution in [-0.2, 0) is 4.79 Å². The van der Waals surface area contributed by atoms with E-state index < -0.39 is 5.41 Å². The molecule has 3 N–H and O–H groups in total. The van der Waals surface area contributed by atoms with Crippen molar-refractivity contribution >= 4 is 34.1 Å². The molecule has 0 aliphatic rings. The number of hydrogen-bond acceptors (Lipinski definition) is 3. The average Bonchev–Trinajstić information content (AvgIpc) is 3.00. The minimum atomic E-state index is -0.464. The summed E-state index contributed by atoms with van der Waals surface area (Å²) in [5.41, 5.74) is 2.01. The lowest BCUT2D eigenvalue weighted by Gasteiger charge is -2.17. The van der Waals surface area contributed by atoms with Crippen LogP contribution in [0.4, 0.5) is 11.4 Å². The predicted molar refractivity (Wildman–Crippen MR) is 98.6 cm³/mol. The molecule has 25 heavy (non-hydrogen) atoms. The summed E-state index contributed by atoms with van der Waals surface area (Å²) < 4.78 is 0. The summed E-state index contributed by atoms with van der Waals surface area (Å²) in [5.74, 6) is -0.351. The van der Waals surface area contributed by atoms with Crippen molar-refractivity contribution in [2.75, 3.05) is 10.6 Å². The maximum atomic E-state index is 12.4. The lowest BCUT2D eigenvalue weighted by Crippen LogP contribution is -2.27. The third kappa shape index (κ3) is 3.68. The van der Waals surface area contributed by atoms with Crippen LogP contribution in [0.2, 0.25) is 0 Å². The molecule has 0 radical (unpaired) electrons. The molecule has 3 aromatic rings. The number of anilines is 2. The highest BCUT2D eigenvalue weighted by molar-refractivity contribution is 6.11. The Morgan fingerprint density at radius 1 is 0.920 bits per heavy atom. The van der Waals surface area contributed by atoms with Crippen molar-refractivity contribution in [3.05, 3.63) is 54.2 Å². The first kappa shape index (κ1) is 16.7. The van der Waals surface area contributed by atoms with E-state index in [9.17, 15) is 9.59 Å². The molecule has 0 atom stereocenters. The van der Waals surface area contributed by atoms with Crippen molar-refractivity contribution in [2.24, 2.45) is 5.41 Å². The Morgan fingerprint density at radius 2 is 1.52 bits per heavy atom. The van der Waals surface area contributed by atoms with Gasteiger partial charge in [0, 0.05) is 22.2 Å². The molecule has 0 fully saturated rings. The third-order valence-corrected chi connectivity index (χ3v) is 3.77. The summed E-state index contributed by atoms with van der Waals surface area (Å²) in [5, 5.41) is 13.4. The molecular weight excluding hydrogens is 316 g/mol. The van der Waals surface area contributed by atoms with Crippen LogP contribution in [0.25, 0.3) is 10.9 Å². The summed E-state index contributed by atoms with van der Waals surface area (Å²) in [4.78, 5) is 24.4. The maximum Gasteiger partial charge on any atom is 0.276 e. The number of carbonyl (C=O) groups is 2. The maximum absolute atomic E-state index is 12.4. The highest BCUT2D eigenvalue weighted by atomic mass is 16.2. The molecular formula is C19H20N4O2. The quantitative estimate of drug-likeness (QED) is 0.680. The smallest absolute Gasteiger partial charge is 0.276 e. The molecule has 1 aromatic heterocycles. The Hall–Kier alpha value is -3.15. The molecule has 6 nitrogen and oxygen atoms in total. The standard InChI is InChI=1S/C19H20N4O2/c1-19(2,3)18(25)21-13-10-8-12(9-11-13)20-17(24)16-14-6-4-5-7-15(14)22-23-16/h4-11H,1-3H3,(H,20,24)(H,21,25)(H,22,23). The van der Waals surface area contributed by atoms with Gasteiger partial charge in [-0.3, -0.25) is 14.7 Å². The van der Waals surface area contributed by atoms with Gasteiger partial charge < -0.3 is 10.6 Å². The van der Waals surface area contributed by atoms with E-state index in [1.807, 2.05) is 45.0 Å². The van der Waals surface area contributed by atoms with E-state index >= 15 is 0 Å². The highest BCUT2D eigenvalue weighted by Gasteiger charge is 2.21. The number of nitrogens with zero attached hydrogens (tertiary/aromatic N) is 1. The van der Waals surface area contributed by atoms with Gasteiger partial charge in [-0.2, -0.15) is 5.10 Å². The molecule has 0 saturated carbocycles. The molecule has 0 aliphatic heterocycles. The van der Waals surface area contributed by atoms with E-state index in [0.29, 0.717) is 17.1 Å². The third-order valence-electron chi connectivity index (χ3n) is 3.77. The van der Waals surface area contributed by atoms with Gasteiger partial charge in [-0.25, -0.2) is 0 Å². The van der Waals surface area contributed by atoms with Gasteiger partial charge in [-0.05, 0) is 30.3 Å². The molecule has 0 unspecified atom stereocenters. The Labute approximate surface area is 145 Å². The van der Waals surface area contributed by atoms with E-state index in [-0.39, 0.29) is 11.8 Å². The molecule has 1 heterocycles. The summed E-state index contributed by atoms with van der Waals surface area (Å²) in [7, 11) is 0. The second-order valence-corrected chi connectivity index (χ2v) is 6.85. The fraction of sp³-hybridized carbons (Fsp3) is 0.211. The molecule has 0 aliphatic carbocycles. The van der Waals surface area contributed by atoms with Crippen molar-refractivity contribution in [2.45, 2.75) is 20.8 Å². The second kappa shape index (κ2) is 6.39. The number of aromatic nitrogens is 2. The molecule has 2 aromatic carbocycles. The van der Waals surface area contributed by atoms with Gasteiger partial charge >= 0.3 is 0 Å². The first-order chi connectivity index (χ1) is 11.8. The van der Waals surface area contributed by atoms with E-state index in [4.69, 9.17) is 0 Å². The molecule has 0 saturated heterocycles. The average molecular weight is 336 g/mol. The minimum absolute atomic E-state index is 0.0627. The van der Waals surface area contributed by atoms with Crippen LogP contribution in [-0.4, -0.2) is 22.0 Å². The van der Waals surface area contributed by atoms with Gasteiger partial charge in [0.15, 0.2) is 5.69 Å². The van der Waals surface area contributed by atoms with Crippen molar-refractivity contribution in [1.29, 1.82) is 0 Å². The number of aromatic amines is 1. The largest absolute Gasteiger partial charge is 0.326 e. The second-order valence-electron chi connectivity index (χ2n) is 6.85. The van der Waals surface area contributed by atoms with E-state index in [0.717, 1.165) is 10.9 Å². The van der Waals surface area contributed by atoms with Gasteiger partial charge in [0.1, 0.15) is 0 Å². The van der Waals surface area contributed by atoms with Crippen LogP contribution >= 0.6 is 0 Å². The number of fused-ring (bicyclic) bond motifs is 1. The molecule has 3 rings (SSSR count). The first-order valence-corrected chi connectivity index (χ1v) is 8.00. The number of rotatable bonds is 3. The Morgan fingerprint density at radius 3 is 2.16 bits per heavy atom. The zero-order chi connectivity index (χ0) is 18.0. The van der Waals surface area contributed by atoms with Gasteiger partial charge in [-0.15, -0.1) is 0 Å². The number of hydrogen-bond donors (Lipinski definition) is 3. The summed E-state index contributed by atoms with van der Waals surface area (Å²) in [6, 6.07) is 14.4. The van der Waals surface area contributed by atoms with Crippen LogP contribution in [0.3, 0.4) is 0 Å². The molecule has 0 bridgehead atoms. The van der Waals surface area contributed by atoms with Crippen molar-refractivity contribution in [3.63, 3.8) is 0 Å². The number of benzene rings is 2. The van der Waals surface area contributed by atoms with E-state index in [1.54, 1.807) is 24.3 Å². The molecule has 0 spiro atoms. The Kier molecular flexibility index (Phi) is 4.27. The number of amides is 2. The van der Waals surface area contributed by atoms with Crippen molar-refractivity contribution < 1.29 is 9.59 Å². The van der Waals surface area contributed by atoms with Crippen molar-refractivity contribution in [3.8, 4) is 0 Å². The zero-order valence-corrected chi connectivity index (χ0v) is 14.4. The van der Waals surface area contributed by atoms with E-state index in [1.165, 1.54) is 0 Å². The Bertz CT molecular complexity index is 920. The number of carbonyl (C=O) groups excluding carboxylic acids is 2. The lowest BCUT2D eigenvalue weighted by molar-refractivity contribution is -0.123. The van der Waals surface area contributed by atoms with Gasteiger partial charge in [0.25, 0.3) is 5.91 Å². The number of para-hydroxylation sites is 1. The van der Waals surface area contributed by atoms with Gasteiger partial charge in [0.2, 0.25) is 5.91 Å². The molecule has 2 amide bonds. The van der Waals surface area contributed by atoms with Crippen LogP contribution in [0.15, 0.2) is 48.5 Å². The fourth-order valence-electron chi connectivity index (χ4n) is 2.28. The molecule has 128 valence electrons. The van der Waals surface area contributed by atoms with E-state index in [2.05, 4.69) is 20.8 Å². The van der Waals surface area contributed by atoms with Crippen LogP contribution in [0, 0.1) is 5.41 Å². The SMILES string of the molecule is CC(C)(C)C(=O)Nc1ccc(NC(=O)c2n[nH]c3ccccc23)cc1.